The second-order valence-electron chi connectivity index (χ2n) is 6.88. The molecule has 0 fully saturated rings. The fourth-order valence-electron chi connectivity index (χ4n) is 2.26. The van der Waals surface area contributed by atoms with Crippen LogP contribution < -0.4 is 5.32 Å². The molecule has 1 amide bonds. The number of benzene rings is 1. The van der Waals surface area contributed by atoms with Crippen molar-refractivity contribution in [2.45, 2.75) is 46.3 Å². The van der Waals surface area contributed by atoms with Crippen LogP contribution in [0.15, 0.2) is 42.7 Å². The maximum atomic E-state index is 12.3. The molecule has 0 bridgehead atoms. The van der Waals surface area contributed by atoms with Crippen molar-refractivity contribution in [2.24, 2.45) is 0 Å². The smallest absolute Gasteiger partial charge is 0.338 e. The van der Waals surface area contributed by atoms with E-state index in [1.807, 2.05) is 62.9 Å². The normalized spacial score (nSPS) is 12.5. The second kappa shape index (κ2) is 6.91. The van der Waals surface area contributed by atoms with E-state index in [-0.39, 0.29) is 11.4 Å². The predicted molar refractivity (Wildman–Crippen MR) is 93.3 cm³/mol. The van der Waals surface area contributed by atoms with Crippen LogP contribution in [-0.2, 0) is 9.53 Å². The Balaban J connectivity index is 2.13. The molecule has 128 valence electrons. The molecule has 1 unspecified atom stereocenters. The number of ether oxygens (including phenoxy) is 1. The number of aromatic nitrogens is 1. The summed E-state index contributed by atoms with van der Waals surface area (Å²) in [4.78, 5) is 24.4. The Hall–Kier alpha value is -2.56. The lowest BCUT2D eigenvalue weighted by Crippen LogP contribution is -2.46. The monoisotopic (exact) mass is 328 g/mol. The SMILES string of the molecule is Cc1ccc(C(=O)OC(C)C(=O)NC(C)(C)C)cc1-n1cccc1. The number of hydrogen-bond donors (Lipinski definition) is 1. The third-order valence-corrected chi connectivity index (χ3v) is 3.48. The van der Waals surface area contributed by atoms with Gasteiger partial charge >= 0.3 is 5.97 Å². The zero-order valence-corrected chi connectivity index (χ0v) is 14.8. The van der Waals surface area contributed by atoms with E-state index < -0.39 is 12.1 Å². The number of hydrogen-bond acceptors (Lipinski definition) is 3. The van der Waals surface area contributed by atoms with Gasteiger partial charge in [0.05, 0.1) is 5.56 Å². The summed E-state index contributed by atoms with van der Waals surface area (Å²) in [6.45, 7) is 9.18. The molecule has 0 spiro atoms. The van der Waals surface area contributed by atoms with Gasteiger partial charge in [0.15, 0.2) is 6.10 Å². The lowest BCUT2D eigenvalue weighted by molar-refractivity contribution is -0.130. The summed E-state index contributed by atoms with van der Waals surface area (Å²) >= 11 is 0. The Bertz CT molecular complexity index is 728. The summed E-state index contributed by atoms with van der Waals surface area (Å²) in [6.07, 6.45) is 2.97. The van der Waals surface area contributed by atoms with Crippen molar-refractivity contribution in [2.75, 3.05) is 0 Å². The van der Waals surface area contributed by atoms with Crippen molar-refractivity contribution in [3.63, 3.8) is 0 Å². The minimum absolute atomic E-state index is 0.311. The van der Waals surface area contributed by atoms with Crippen LogP contribution in [0.2, 0.25) is 0 Å². The Morgan fingerprint density at radius 2 is 1.79 bits per heavy atom. The zero-order chi connectivity index (χ0) is 17.9. The first-order chi connectivity index (χ1) is 11.2. The molecule has 2 rings (SSSR count). The van der Waals surface area contributed by atoms with Crippen LogP contribution in [0, 0.1) is 6.92 Å². The van der Waals surface area contributed by atoms with E-state index in [9.17, 15) is 9.59 Å². The van der Waals surface area contributed by atoms with E-state index >= 15 is 0 Å². The number of amides is 1. The minimum atomic E-state index is -0.854. The van der Waals surface area contributed by atoms with Gasteiger partial charge in [-0.1, -0.05) is 6.07 Å². The molecular formula is C19H24N2O3. The third-order valence-electron chi connectivity index (χ3n) is 3.48. The summed E-state index contributed by atoms with van der Waals surface area (Å²) in [5.74, 6) is -0.825. The number of rotatable bonds is 4. The van der Waals surface area contributed by atoms with Crippen molar-refractivity contribution in [3.05, 3.63) is 53.9 Å². The van der Waals surface area contributed by atoms with Gasteiger partial charge in [0.2, 0.25) is 0 Å². The van der Waals surface area contributed by atoms with Crippen LogP contribution >= 0.6 is 0 Å². The molecule has 0 aliphatic rings. The highest BCUT2D eigenvalue weighted by molar-refractivity contribution is 5.93. The lowest BCUT2D eigenvalue weighted by Gasteiger charge is -2.23. The highest BCUT2D eigenvalue weighted by Gasteiger charge is 2.23. The van der Waals surface area contributed by atoms with E-state index in [0.29, 0.717) is 5.56 Å². The van der Waals surface area contributed by atoms with Gasteiger partial charge in [0.1, 0.15) is 0 Å². The zero-order valence-electron chi connectivity index (χ0n) is 14.8. The molecule has 0 aliphatic heterocycles. The highest BCUT2D eigenvalue weighted by atomic mass is 16.5. The molecule has 1 N–H and O–H groups in total. The Morgan fingerprint density at radius 3 is 2.38 bits per heavy atom. The molecule has 0 radical (unpaired) electrons. The highest BCUT2D eigenvalue weighted by Crippen LogP contribution is 2.17. The molecule has 5 heteroatoms. The largest absolute Gasteiger partial charge is 0.449 e. The molecule has 0 saturated carbocycles. The van der Waals surface area contributed by atoms with E-state index in [1.165, 1.54) is 0 Å². The third kappa shape index (κ3) is 4.47. The Kier molecular flexibility index (Phi) is 5.12. The van der Waals surface area contributed by atoms with Crippen molar-refractivity contribution >= 4 is 11.9 Å². The van der Waals surface area contributed by atoms with Crippen LogP contribution in [0.1, 0.15) is 43.6 Å². The van der Waals surface area contributed by atoms with Gasteiger partial charge in [-0.25, -0.2) is 4.79 Å². The Morgan fingerprint density at radius 1 is 1.17 bits per heavy atom. The van der Waals surface area contributed by atoms with E-state index in [1.54, 1.807) is 19.1 Å². The number of carbonyl (C=O) groups is 2. The van der Waals surface area contributed by atoms with Gasteiger partial charge in [-0.2, -0.15) is 0 Å². The summed E-state index contributed by atoms with van der Waals surface area (Å²) < 4.78 is 7.23. The molecule has 1 aromatic carbocycles. The molecule has 1 atom stereocenters. The van der Waals surface area contributed by atoms with Crippen molar-refractivity contribution in [3.8, 4) is 5.69 Å². The molecule has 5 nitrogen and oxygen atoms in total. The number of esters is 1. The second-order valence-corrected chi connectivity index (χ2v) is 6.88. The van der Waals surface area contributed by atoms with Crippen molar-refractivity contribution < 1.29 is 14.3 Å². The molecule has 2 aromatic rings. The van der Waals surface area contributed by atoms with Gasteiger partial charge in [-0.15, -0.1) is 0 Å². The standard InChI is InChI=1S/C19H24N2O3/c1-13-8-9-15(12-16(13)21-10-6-7-11-21)18(23)24-14(2)17(22)20-19(3,4)5/h6-12,14H,1-5H3,(H,20,22). The first-order valence-corrected chi connectivity index (χ1v) is 7.94. The summed E-state index contributed by atoms with van der Waals surface area (Å²) in [5, 5.41) is 2.80. The summed E-state index contributed by atoms with van der Waals surface area (Å²) in [6, 6.07) is 9.18. The average Bonchev–Trinajstić information content (AvgIpc) is 2.99. The van der Waals surface area contributed by atoms with Gasteiger partial charge in [-0.3, -0.25) is 4.79 Å². The van der Waals surface area contributed by atoms with Gasteiger partial charge in [-0.05, 0) is 64.4 Å². The van der Waals surface area contributed by atoms with Gasteiger partial charge in [0.25, 0.3) is 5.91 Å². The van der Waals surface area contributed by atoms with Crippen LogP contribution in [0.25, 0.3) is 5.69 Å². The maximum absolute atomic E-state index is 12.3. The fourth-order valence-corrected chi connectivity index (χ4v) is 2.26. The van der Waals surface area contributed by atoms with Crippen molar-refractivity contribution in [1.29, 1.82) is 0 Å². The quantitative estimate of drug-likeness (QED) is 0.877. The average molecular weight is 328 g/mol. The summed E-state index contributed by atoms with van der Waals surface area (Å²) in [5.41, 5.74) is 1.99. The first kappa shape index (κ1) is 17.8. The lowest BCUT2D eigenvalue weighted by atomic mass is 10.1. The van der Waals surface area contributed by atoms with Gasteiger partial charge in [0, 0.05) is 23.6 Å². The van der Waals surface area contributed by atoms with Crippen LogP contribution in [0.4, 0.5) is 0 Å². The first-order valence-electron chi connectivity index (χ1n) is 7.94. The molecule has 0 saturated heterocycles. The van der Waals surface area contributed by atoms with Crippen molar-refractivity contribution in [1.82, 2.24) is 9.88 Å². The fraction of sp³-hybridized carbons (Fsp3) is 0.368. The van der Waals surface area contributed by atoms with Gasteiger partial charge < -0.3 is 14.6 Å². The summed E-state index contributed by atoms with van der Waals surface area (Å²) in [7, 11) is 0. The van der Waals surface area contributed by atoms with E-state index in [2.05, 4.69) is 5.32 Å². The van der Waals surface area contributed by atoms with Crippen LogP contribution in [-0.4, -0.2) is 28.1 Å². The number of aryl methyl sites for hydroxylation is 1. The van der Waals surface area contributed by atoms with Crippen LogP contribution in [0.5, 0.6) is 0 Å². The predicted octanol–water partition coefficient (Wildman–Crippen LogP) is 3.25. The molecule has 1 aromatic heterocycles. The minimum Gasteiger partial charge on any atom is -0.449 e. The molecular weight excluding hydrogens is 304 g/mol. The molecule has 24 heavy (non-hydrogen) atoms. The number of nitrogens with one attached hydrogen (secondary N) is 1. The topological polar surface area (TPSA) is 60.3 Å². The molecule has 0 aliphatic carbocycles. The maximum Gasteiger partial charge on any atom is 0.338 e. The van der Waals surface area contributed by atoms with E-state index in [0.717, 1.165) is 11.3 Å². The molecule has 1 heterocycles. The van der Waals surface area contributed by atoms with E-state index in [4.69, 9.17) is 4.74 Å². The number of carbonyl (C=O) groups excluding carboxylic acids is 2. The Labute approximate surface area is 142 Å². The van der Waals surface area contributed by atoms with Crippen LogP contribution in [0.3, 0.4) is 0 Å². The number of nitrogens with zero attached hydrogens (tertiary/aromatic N) is 1.